The summed E-state index contributed by atoms with van der Waals surface area (Å²) in [6, 6.07) is 2.83. The first-order valence-corrected chi connectivity index (χ1v) is 6.87. The molecule has 2 rings (SSSR count). The zero-order chi connectivity index (χ0) is 15.4. The van der Waals surface area contributed by atoms with Gasteiger partial charge in [0, 0.05) is 32.6 Å². The summed E-state index contributed by atoms with van der Waals surface area (Å²) in [4.78, 5) is 27.5. The van der Waals surface area contributed by atoms with Crippen LogP contribution in [-0.2, 0) is 4.79 Å². The van der Waals surface area contributed by atoms with E-state index in [0.717, 1.165) is 12.8 Å². The Hall–Kier alpha value is -2.38. The van der Waals surface area contributed by atoms with Crippen molar-refractivity contribution in [2.45, 2.75) is 19.8 Å². The minimum Gasteiger partial charge on any atom is -0.384 e. The van der Waals surface area contributed by atoms with Crippen LogP contribution < -0.4 is 16.0 Å². The van der Waals surface area contributed by atoms with Crippen molar-refractivity contribution in [3.63, 3.8) is 0 Å². The molecule has 114 valence electrons. The maximum Gasteiger partial charge on any atom is 0.311 e. The molecule has 0 unspecified atom stereocenters. The molecule has 0 radical (unpaired) electrons. The lowest BCUT2D eigenvalue weighted by atomic mass is 9.96. The fourth-order valence-electron chi connectivity index (χ4n) is 2.47. The molecule has 1 amide bonds. The number of nitrogens with one attached hydrogen (secondary N) is 1. The molecule has 2 heterocycles. The Morgan fingerprint density at radius 3 is 2.76 bits per heavy atom. The van der Waals surface area contributed by atoms with E-state index in [0.29, 0.717) is 31.4 Å². The van der Waals surface area contributed by atoms with Gasteiger partial charge in [-0.25, -0.2) is 4.98 Å². The Labute approximate surface area is 122 Å². The molecular formula is C13H19N5O3. The first-order valence-electron chi connectivity index (χ1n) is 6.87. The molecule has 21 heavy (non-hydrogen) atoms. The number of rotatable bonds is 4. The van der Waals surface area contributed by atoms with Gasteiger partial charge in [-0.2, -0.15) is 0 Å². The van der Waals surface area contributed by atoms with Crippen molar-refractivity contribution in [2.75, 3.05) is 30.3 Å². The second kappa shape index (κ2) is 6.38. The predicted molar refractivity (Wildman–Crippen MR) is 78.9 cm³/mol. The number of anilines is 2. The van der Waals surface area contributed by atoms with Gasteiger partial charge in [0.1, 0.15) is 5.82 Å². The molecule has 0 atom stereocenters. The van der Waals surface area contributed by atoms with Crippen LogP contribution in [0.1, 0.15) is 19.8 Å². The van der Waals surface area contributed by atoms with Crippen molar-refractivity contribution < 1.29 is 9.72 Å². The van der Waals surface area contributed by atoms with Gasteiger partial charge in [-0.3, -0.25) is 14.9 Å². The van der Waals surface area contributed by atoms with Gasteiger partial charge in [0.2, 0.25) is 11.7 Å². The van der Waals surface area contributed by atoms with Crippen LogP contribution in [0.15, 0.2) is 12.1 Å². The van der Waals surface area contributed by atoms with Crippen molar-refractivity contribution in [2.24, 2.45) is 5.92 Å². The number of pyridine rings is 1. The molecule has 1 saturated heterocycles. The Morgan fingerprint density at radius 1 is 1.52 bits per heavy atom. The van der Waals surface area contributed by atoms with Crippen molar-refractivity contribution >= 4 is 23.2 Å². The summed E-state index contributed by atoms with van der Waals surface area (Å²) in [7, 11) is 0. The topological polar surface area (TPSA) is 114 Å². The van der Waals surface area contributed by atoms with E-state index in [9.17, 15) is 14.9 Å². The van der Waals surface area contributed by atoms with E-state index < -0.39 is 4.92 Å². The lowest BCUT2D eigenvalue weighted by Crippen LogP contribution is -2.38. The summed E-state index contributed by atoms with van der Waals surface area (Å²) >= 11 is 0. The van der Waals surface area contributed by atoms with E-state index in [1.54, 1.807) is 0 Å². The third-order valence-electron chi connectivity index (χ3n) is 3.63. The Kier molecular flexibility index (Phi) is 4.56. The highest BCUT2D eigenvalue weighted by atomic mass is 16.6. The molecule has 1 aliphatic heterocycles. The van der Waals surface area contributed by atoms with Gasteiger partial charge >= 0.3 is 5.69 Å². The average Bonchev–Trinajstić information content (AvgIpc) is 2.45. The molecule has 1 aromatic heterocycles. The zero-order valence-corrected chi connectivity index (χ0v) is 11.9. The number of hydrogen-bond donors (Lipinski definition) is 2. The highest BCUT2D eigenvalue weighted by Crippen LogP contribution is 2.30. The number of aromatic nitrogens is 1. The van der Waals surface area contributed by atoms with Crippen LogP contribution in [0, 0.1) is 16.0 Å². The Balaban J connectivity index is 2.03. The molecule has 3 N–H and O–H groups in total. The highest BCUT2D eigenvalue weighted by Gasteiger charge is 2.26. The van der Waals surface area contributed by atoms with Gasteiger partial charge in [0.05, 0.1) is 4.92 Å². The summed E-state index contributed by atoms with van der Waals surface area (Å²) in [6.07, 6.45) is 1.71. The summed E-state index contributed by atoms with van der Waals surface area (Å²) in [5.41, 5.74) is 5.61. The normalized spacial score (nSPS) is 15.8. The number of hydrogen-bond acceptors (Lipinski definition) is 6. The summed E-state index contributed by atoms with van der Waals surface area (Å²) < 4.78 is 0. The summed E-state index contributed by atoms with van der Waals surface area (Å²) in [6.45, 7) is 3.48. The maximum atomic E-state index is 11.1. The smallest absolute Gasteiger partial charge is 0.311 e. The number of nitrogen functional groups attached to an aromatic ring is 1. The highest BCUT2D eigenvalue weighted by molar-refractivity contribution is 5.72. The van der Waals surface area contributed by atoms with Crippen LogP contribution in [0.25, 0.3) is 0 Å². The predicted octanol–water partition coefficient (Wildman–Crippen LogP) is 0.924. The van der Waals surface area contributed by atoms with E-state index in [1.807, 2.05) is 4.90 Å². The second-order valence-electron chi connectivity index (χ2n) is 5.20. The van der Waals surface area contributed by atoms with Crippen LogP contribution >= 0.6 is 0 Å². The van der Waals surface area contributed by atoms with E-state index >= 15 is 0 Å². The summed E-state index contributed by atoms with van der Waals surface area (Å²) in [5, 5.41) is 13.9. The van der Waals surface area contributed by atoms with Gasteiger partial charge in [-0.1, -0.05) is 0 Å². The van der Waals surface area contributed by atoms with Crippen molar-refractivity contribution in [1.29, 1.82) is 0 Å². The standard InChI is InChI=1S/C13H19N5O3/c1-9(19)15-8-10-4-6-17(7-5-10)13-11(18(20)21)2-3-12(14)16-13/h2-3,10H,4-8H2,1H3,(H2,14,16)(H,15,19). The van der Waals surface area contributed by atoms with Crippen molar-refractivity contribution in [3.8, 4) is 0 Å². The first-order chi connectivity index (χ1) is 9.97. The molecule has 0 bridgehead atoms. The molecule has 0 saturated carbocycles. The van der Waals surface area contributed by atoms with Gasteiger partial charge in [0.15, 0.2) is 0 Å². The van der Waals surface area contributed by atoms with Crippen molar-refractivity contribution in [3.05, 3.63) is 22.2 Å². The van der Waals surface area contributed by atoms with Crippen LogP contribution in [0.4, 0.5) is 17.3 Å². The van der Waals surface area contributed by atoms with Crippen LogP contribution in [0.5, 0.6) is 0 Å². The molecule has 8 nitrogen and oxygen atoms in total. The Morgan fingerprint density at radius 2 is 2.19 bits per heavy atom. The van der Waals surface area contributed by atoms with E-state index in [1.165, 1.54) is 19.1 Å². The monoisotopic (exact) mass is 293 g/mol. The molecule has 0 aliphatic carbocycles. The van der Waals surface area contributed by atoms with Gasteiger partial charge < -0.3 is 16.0 Å². The fourth-order valence-corrected chi connectivity index (χ4v) is 2.47. The fraction of sp³-hybridized carbons (Fsp3) is 0.538. The zero-order valence-electron chi connectivity index (χ0n) is 11.9. The second-order valence-corrected chi connectivity index (χ2v) is 5.20. The third-order valence-corrected chi connectivity index (χ3v) is 3.63. The maximum absolute atomic E-state index is 11.1. The molecule has 8 heteroatoms. The van der Waals surface area contributed by atoms with Crippen molar-refractivity contribution in [1.82, 2.24) is 10.3 Å². The molecule has 1 fully saturated rings. The number of piperidine rings is 1. The van der Waals surface area contributed by atoms with E-state index in [2.05, 4.69) is 10.3 Å². The van der Waals surface area contributed by atoms with Crippen LogP contribution in [-0.4, -0.2) is 35.4 Å². The quantitative estimate of drug-likeness (QED) is 0.630. The largest absolute Gasteiger partial charge is 0.384 e. The number of carbonyl (C=O) groups is 1. The average molecular weight is 293 g/mol. The number of nitrogens with zero attached hydrogens (tertiary/aromatic N) is 3. The minimum atomic E-state index is -0.439. The molecular weight excluding hydrogens is 274 g/mol. The third kappa shape index (κ3) is 3.80. The minimum absolute atomic E-state index is 0.0236. The van der Waals surface area contributed by atoms with Gasteiger partial charge in [-0.05, 0) is 24.8 Å². The van der Waals surface area contributed by atoms with E-state index in [4.69, 9.17) is 5.73 Å². The number of nitro groups is 1. The molecule has 0 spiro atoms. The van der Waals surface area contributed by atoms with Crippen LogP contribution in [0.3, 0.4) is 0 Å². The first kappa shape index (κ1) is 15.0. The van der Waals surface area contributed by atoms with Gasteiger partial charge in [-0.15, -0.1) is 0 Å². The summed E-state index contributed by atoms with van der Waals surface area (Å²) in [5.74, 6) is 0.963. The van der Waals surface area contributed by atoms with Gasteiger partial charge in [0.25, 0.3) is 0 Å². The number of amides is 1. The lowest BCUT2D eigenvalue weighted by Gasteiger charge is -2.32. The Bertz CT molecular complexity index is 541. The number of nitrogens with two attached hydrogens (primary N) is 1. The SMILES string of the molecule is CC(=O)NCC1CCN(c2nc(N)ccc2[N+](=O)[O-])CC1. The van der Waals surface area contributed by atoms with E-state index in [-0.39, 0.29) is 17.4 Å². The number of carbonyl (C=O) groups excluding carboxylic acids is 1. The molecule has 1 aromatic rings. The molecule has 1 aliphatic rings. The molecule has 0 aromatic carbocycles. The van der Waals surface area contributed by atoms with Crippen LogP contribution in [0.2, 0.25) is 0 Å². The lowest BCUT2D eigenvalue weighted by molar-refractivity contribution is -0.384.